The highest BCUT2D eigenvalue weighted by molar-refractivity contribution is 7.89. The first-order valence-corrected chi connectivity index (χ1v) is 12.0. The van der Waals surface area contributed by atoms with Gasteiger partial charge in [0.15, 0.2) is 0 Å². The number of ether oxygens (including phenoxy) is 1. The summed E-state index contributed by atoms with van der Waals surface area (Å²) in [6.45, 7) is 1.32. The van der Waals surface area contributed by atoms with Gasteiger partial charge in [0, 0.05) is 20.1 Å². The van der Waals surface area contributed by atoms with Gasteiger partial charge in [-0.1, -0.05) is 42.5 Å². The number of sulfonamides is 1. The van der Waals surface area contributed by atoms with Gasteiger partial charge in [-0.3, -0.25) is 4.84 Å². The van der Waals surface area contributed by atoms with Gasteiger partial charge in [-0.15, -0.1) is 0 Å². The number of hydroxylamine groups is 2. The van der Waals surface area contributed by atoms with Gasteiger partial charge in [0.25, 0.3) is 0 Å². The van der Waals surface area contributed by atoms with Crippen molar-refractivity contribution in [1.82, 2.24) is 9.37 Å². The number of nitrogens with zero attached hydrogens (tertiary/aromatic N) is 2. The third-order valence-electron chi connectivity index (χ3n) is 6.30. The van der Waals surface area contributed by atoms with Crippen LogP contribution in [-0.2, 0) is 21.3 Å². The van der Waals surface area contributed by atoms with Gasteiger partial charge < -0.3 is 4.74 Å². The van der Waals surface area contributed by atoms with E-state index in [1.54, 1.807) is 23.5 Å². The van der Waals surface area contributed by atoms with E-state index in [0.717, 1.165) is 24.8 Å². The largest absolute Gasteiger partial charge is 0.497 e. The average molecular weight is 431 g/mol. The predicted octanol–water partition coefficient (Wildman–Crippen LogP) is 3.27. The van der Waals surface area contributed by atoms with Gasteiger partial charge >= 0.3 is 0 Å². The SMILES string of the molecule is COc1cccc(C2C(S(=O)(=O)N3CCC(Cc4ccccc4)CC3)CON2C)c1. The quantitative estimate of drug-likeness (QED) is 0.704. The lowest BCUT2D eigenvalue weighted by atomic mass is 9.91. The molecule has 2 saturated heterocycles. The molecular formula is C23H30N2O4S. The Kier molecular flexibility index (Phi) is 6.43. The highest BCUT2D eigenvalue weighted by Gasteiger charge is 2.46. The molecular weight excluding hydrogens is 400 g/mol. The van der Waals surface area contributed by atoms with E-state index in [0.29, 0.717) is 24.8 Å². The van der Waals surface area contributed by atoms with Crippen molar-refractivity contribution in [2.24, 2.45) is 5.92 Å². The topological polar surface area (TPSA) is 59.1 Å². The molecule has 0 amide bonds. The Balaban J connectivity index is 1.46. The van der Waals surface area contributed by atoms with E-state index < -0.39 is 15.3 Å². The molecule has 0 aliphatic carbocycles. The van der Waals surface area contributed by atoms with Gasteiger partial charge in [0.1, 0.15) is 11.0 Å². The summed E-state index contributed by atoms with van der Waals surface area (Å²) in [4.78, 5) is 5.67. The molecule has 0 bridgehead atoms. The smallest absolute Gasteiger partial charge is 0.221 e. The highest BCUT2D eigenvalue weighted by Crippen LogP contribution is 2.37. The van der Waals surface area contributed by atoms with Crippen LogP contribution in [0.15, 0.2) is 54.6 Å². The molecule has 2 fully saturated rings. The van der Waals surface area contributed by atoms with E-state index >= 15 is 0 Å². The van der Waals surface area contributed by atoms with E-state index in [4.69, 9.17) is 9.57 Å². The van der Waals surface area contributed by atoms with Crippen LogP contribution in [0.5, 0.6) is 5.75 Å². The van der Waals surface area contributed by atoms with Crippen molar-refractivity contribution >= 4 is 10.0 Å². The molecule has 2 atom stereocenters. The van der Waals surface area contributed by atoms with Crippen LogP contribution in [0.25, 0.3) is 0 Å². The van der Waals surface area contributed by atoms with Crippen molar-refractivity contribution in [2.75, 3.05) is 33.9 Å². The first-order chi connectivity index (χ1) is 14.5. The van der Waals surface area contributed by atoms with Gasteiger partial charge in [-0.25, -0.2) is 12.7 Å². The zero-order valence-corrected chi connectivity index (χ0v) is 18.4. The first-order valence-electron chi connectivity index (χ1n) is 10.5. The second-order valence-electron chi connectivity index (χ2n) is 8.18. The Bertz CT molecular complexity index is 943. The molecule has 0 N–H and O–H groups in total. The minimum absolute atomic E-state index is 0.171. The summed E-state index contributed by atoms with van der Waals surface area (Å²) in [5.41, 5.74) is 2.21. The van der Waals surface area contributed by atoms with Crippen molar-refractivity contribution in [1.29, 1.82) is 0 Å². The Morgan fingerprint density at radius 3 is 2.50 bits per heavy atom. The summed E-state index contributed by atoms with van der Waals surface area (Å²) in [6, 6.07) is 17.7. The van der Waals surface area contributed by atoms with Crippen LogP contribution < -0.4 is 4.74 Å². The maximum absolute atomic E-state index is 13.5. The monoisotopic (exact) mass is 430 g/mol. The molecule has 2 heterocycles. The Morgan fingerprint density at radius 2 is 1.80 bits per heavy atom. The summed E-state index contributed by atoms with van der Waals surface area (Å²) in [5.74, 6) is 1.24. The first kappa shape index (κ1) is 21.3. The van der Waals surface area contributed by atoms with Gasteiger partial charge in [-0.2, -0.15) is 5.06 Å². The number of piperidine rings is 1. The molecule has 162 valence electrons. The summed E-state index contributed by atoms with van der Waals surface area (Å²) in [6.07, 6.45) is 2.79. The van der Waals surface area contributed by atoms with Crippen LogP contribution in [0.3, 0.4) is 0 Å². The standard InChI is InChI=1S/C23H30N2O4S/c1-24-23(20-9-6-10-21(16-20)28-2)22(17-29-24)30(26,27)25-13-11-19(12-14-25)15-18-7-4-3-5-8-18/h3-10,16,19,22-23H,11-15,17H2,1-2H3. The van der Waals surface area contributed by atoms with Crippen LogP contribution in [-0.4, -0.2) is 56.9 Å². The minimum atomic E-state index is -3.48. The summed E-state index contributed by atoms with van der Waals surface area (Å²) in [7, 11) is -0.0717. The number of rotatable bonds is 6. The maximum Gasteiger partial charge on any atom is 0.221 e. The van der Waals surface area contributed by atoms with E-state index in [-0.39, 0.29) is 12.6 Å². The van der Waals surface area contributed by atoms with Crippen LogP contribution in [0.2, 0.25) is 0 Å². The molecule has 0 spiro atoms. The fourth-order valence-electron chi connectivity index (χ4n) is 4.60. The lowest BCUT2D eigenvalue weighted by Gasteiger charge is -2.34. The fraction of sp³-hybridized carbons (Fsp3) is 0.478. The molecule has 2 aromatic rings. The number of benzene rings is 2. The summed E-state index contributed by atoms with van der Waals surface area (Å²) in [5, 5.41) is 1.04. The molecule has 2 aromatic carbocycles. The summed E-state index contributed by atoms with van der Waals surface area (Å²) < 4.78 is 34.1. The average Bonchev–Trinajstić information content (AvgIpc) is 3.17. The maximum atomic E-state index is 13.5. The molecule has 2 unspecified atom stereocenters. The van der Waals surface area contributed by atoms with E-state index in [2.05, 4.69) is 24.3 Å². The number of hydrogen-bond donors (Lipinski definition) is 0. The Labute approximate surface area is 179 Å². The van der Waals surface area contributed by atoms with E-state index in [1.165, 1.54) is 5.56 Å². The van der Waals surface area contributed by atoms with Crippen molar-refractivity contribution in [3.63, 3.8) is 0 Å². The molecule has 7 heteroatoms. The van der Waals surface area contributed by atoms with Crippen LogP contribution in [0.1, 0.15) is 30.0 Å². The zero-order valence-electron chi connectivity index (χ0n) is 17.6. The van der Waals surface area contributed by atoms with Crippen LogP contribution in [0.4, 0.5) is 0 Å². The lowest BCUT2D eigenvalue weighted by molar-refractivity contribution is -0.110. The normalized spacial score (nSPS) is 24.2. The molecule has 0 aromatic heterocycles. The lowest BCUT2D eigenvalue weighted by Crippen LogP contribution is -2.46. The van der Waals surface area contributed by atoms with Gasteiger partial charge in [0.2, 0.25) is 10.0 Å². The molecule has 30 heavy (non-hydrogen) atoms. The van der Waals surface area contributed by atoms with Crippen molar-refractivity contribution in [3.8, 4) is 5.75 Å². The zero-order chi connectivity index (χ0) is 21.1. The second kappa shape index (κ2) is 9.06. The summed E-state index contributed by atoms with van der Waals surface area (Å²) >= 11 is 0. The van der Waals surface area contributed by atoms with Crippen molar-refractivity contribution < 1.29 is 18.0 Å². The third kappa shape index (κ3) is 4.39. The fourth-order valence-corrected chi connectivity index (χ4v) is 6.59. The molecule has 2 aliphatic rings. The van der Waals surface area contributed by atoms with Crippen LogP contribution in [0, 0.1) is 5.92 Å². The van der Waals surface area contributed by atoms with E-state index in [1.807, 2.05) is 30.3 Å². The predicted molar refractivity (Wildman–Crippen MR) is 117 cm³/mol. The molecule has 6 nitrogen and oxygen atoms in total. The molecule has 0 radical (unpaired) electrons. The molecule has 0 saturated carbocycles. The number of hydrogen-bond acceptors (Lipinski definition) is 5. The third-order valence-corrected chi connectivity index (χ3v) is 8.55. The van der Waals surface area contributed by atoms with Crippen molar-refractivity contribution in [2.45, 2.75) is 30.6 Å². The second-order valence-corrected chi connectivity index (χ2v) is 10.3. The van der Waals surface area contributed by atoms with Gasteiger partial charge in [0.05, 0.1) is 19.8 Å². The van der Waals surface area contributed by atoms with Crippen LogP contribution >= 0.6 is 0 Å². The van der Waals surface area contributed by atoms with Gasteiger partial charge in [-0.05, 0) is 48.4 Å². The number of methoxy groups -OCH3 is 1. The molecule has 4 rings (SSSR count). The minimum Gasteiger partial charge on any atom is -0.497 e. The Hall–Kier alpha value is -1.93. The highest BCUT2D eigenvalue weighted by atomic mass is 32.2. The van der Waals surface area contributed by atoms with Crippen molar-refractivity contribution in [3.05, 3.63) is 65.7 Å². The Morgan fingerprint density at radius 1 is 1.07 bits per heavy atom. The molecule has 2 aliphatic heterocycles. The van der Waals surface area contributed by atoms with E-state index in [9.17, 15) is 8.42 Å².